The van der Waals surface area contributed by atoms with Crippen LogP contribution < -0.4 is 0 Å². The van der Waals surface area contributed by atoms with Crippen molar-refractivity contribution in [3.8, 4) is 12.0 Å². The molecule has 4 nitrogen and oxygen atoms in total. The molecule has 0 fully saturated rings. The molecule has 0 aliphatic heterocycles. The number of ether oxygens (including phenoxy) is 2. The van der Waals surface area contributed by atoms with E-state index in [4.69, 9.17) is 9.84 Å². The van der Waals surface area contributed by atoms with E-state index in [1.165, 1.54) is 25.7 Å². The third kappa shape index (κ3) is 26.1. The first kappa shape index (κ1) is 24.5. The molecule has 0 aliphatic carbocycles. The molecule has 0 rings (SSSR count). The Kier molecular flexibility index (Phi) is 25.5. The third-order valence-electron chi connectivity index (χ3n) is 1.96. The summed E-state index contributed by atoms with van der Waals surface area (Å²) in [4.78, 5) is 9.94. The number of esters is 1. The third-order valence-corrected chi connectivity index (χ3v) is 1.96. The van der Waals surface area contributed by atoms with Crippen LogP contribution in [0, 0.1) is 12.0 Å². The Bertz CT molecular complexity index is 256. The summed E-state index contributed by atoms with van der Waals surface area (Å²) in [6.45, 7) is 7.70. The SMILES string of the molecule is CCCCCCC#COC(C)C.CCOC(=O)CO.[Ti]. The topological polar surface area (TPSA) is 55.8 Å². The minimum atomic E-state index is -0.567. The number of aliphatic hydroxyl groups is 1. The number of carbonyl (C=O) groups is 1. The van der Waals surface area contributed by atoms with Gasteiger partial charge >= 0.3 is 5.97 Å². The van der Waals surface area contributed by atoms with Gasteiger partial charge in [-0.05, 0) is 27.2 Å². The summed E-state index contributed by atoms with van der Waals surface area (Å²) in [7, 11) is 0. The van der Waals surface area contributed by atoms with Gasteiger partial charge in [0.1, 0.15) is 18.8 Å². The van der Waals surface area contributed by atoms with Gasteiger partial charge in [-0.1, -0.05) is 32.1 Å². The first-order valence-corrected chi connectivity index (χ1v) is 6.98. The minimum Gasteiger partial charge on any atom is -0.464 e. The molecular weight excluding hydrogens is 292 g/mol. The number of hydrogen-bond donors (Lipinski definition) is 1. The van der Waals surface area contributed by atoms with Crippen molar-refractivity contribution in [2.45, 2.75) is 65.9 Å². The fourth-order valence-corrected chi connectivity index (χ4v) is 1.06. The Morgan fingerprint density at radius 1 is 1.20 bits per heavy atom. The average molecular weight is 320 g/mol. The second kappa shape index (κ2) is 20.8. The summed E-state index contributed by atoms with van der Waals surface area (Å²) in [5.74, 6) is 2.44. The number of unbranched alkanes of at least 4 members (excludes halogenated alkanes) is 4. The number of rotatable bonds is 7. The largest absolute Gasteiger partial charge is 0.464 e. The predicted molar refractivity (Wildman–Crippen MR) is 76.5 cm³/mol. The molecule has 0 amide bonds. The van der Waals surface area contributed by atoms with Crippen molar-refractivity contribution in [3.63, 3.8) is 0 Å². The van der Waals surface area contributed by atoms with Gasteiger partial charge in [-0.15, -0.1) is 0 Å². The molecule has 0 aromatic heterocycles. The normalized spacial score (nSPS) is 8.50. The van der Waals surface area contributed by atoms with Gasteiger partial charge in [0.25, 0.3) is 0 Å². The molecule has 0 aliphatic rings. The molecule has 0 heterocycles. The van der Waals surface area contributed by atoms with Crippen molar-refractivity contribution >= 4 is 5.97 Å². The number of carbonyl (C=O) groups excluding carboxylic acids is 1. The van der Waals surface area contributed by atoms with Crippen LogP contribution in [0.5, 0.6) is 0 Å². The van der Waals surface area contributed by atoms with Crippen LogP contribution in [0.3, 0.4) is 0 Å². The predicted octanol–water partition coefficient (Wildman–Crippen LogP) is 2.88. The van der Waals surface area contributed by atoms with E-state index in [9.17, 15) is 4.79 Å². The van der Waals surface area contributed by atoms with Gasteiger partial charge in [0.05, 0.1) is 6.61 Å². The summed E-state index contributed by atoms with van der Waals surface area (Å²) in [5.41, 5.74) is 0. The second-order valence-electron chi connectivity index (χ2n) is 4.22. The van der Waals surface area contributed by atoms with E-state index in [1.807, 2.05) is 13.8 Å². The summed E-state index contributed by atoms with van der Waals surface area (Å²) in [5, 5.41) is 7.99. The molecule has 0 unspecified atom stereocenters. The molecule has 0 saturated carbocycles. The van der Waals surface area contributed by atoms with Crippen molar-refractivity contribution in [2.75, 3.05) is 13.2 Å². The Morgan fingerprint density at radius 2 is 1.85 bits per heavy atom. The number of hydrogen-bond acceptors (Lipinski definition) is 4. The van der Waals surface area contributed by atoms with Crippen LogP contribution in [0.15, 0.2) is 0 Å². The molecule has 0 aromatic carbocycles. The van der Waals surface area contributed by atoms with E-state index in [0.29, 0.717) is 6.61 Å². The van der Waals surface area contributed by atoms with Crippen LogP contribution in [0.1, 0.15) is 59.8 Å². The summed E-state index contributed by atoms with van der Waals surface area (Å²) < 4.78 is 9.39. The van der Waals surface area contributed by atoms with Crippen LogP contribution >= 0.6 is 0 Å². The smallest absolute Gasteiger partial charge is 0.331 e. The zero-order chi connectivity index (χ0) is 14.9. The van der Waals surface area contributed by atoms with E-state index in [2.05, 4.69) is 23.7 Å². The van der Waals surface area contributed by atoms with Gasteiger partial charge in [0, 0.05) is 28.1 Å². The van der Waals surface area contributed by atoms with Crippen LogP contribution in [0.2, 0.25) is 0 Å². The maximum atomic E-state index is 9.94. The molecule has 116 valence electrons. The van der Waals surface area contributed by atoms with Crippen LogP contribution in [0.25, 0.3) is 0 Å². The Hall–Kier alpha value is -0.496. The maximum Gasteiger partial charge on any atom is 0.331 e. The van der Waals surface area contributed by atoms with Gasteiger partial charge in [-0.3, -0.25) is 0 Å². The first-order chi connectivity index (χ1) is 9.08. The van der Waals surface area contributed by atoms with Crippen LogP contribution in [-0.4, -0.2) is 30.4 Å². The van der Waals surface area contributed by atoms with Crippen LogP contribution in [-0.2, 0) is 36.0 Å². The van der Waals surface area contributed by atoms with Crippen molar-refractivity contribution < 1.29 is 41.1 Å². The first-order valence-electron chi connectivity index (χ1n) is 6.98. The Morgan fingerprint density at radius 3 is 2.25 bits per heavy atom. The molecule has 0 spiro atoms. The summed E-state index contributed by atoms with van der Waals surface area (Å²) >= 11 is 0. The summed E-state index contributed by atoms with van der Waals surface area (Å²) in [6, 6.07) is 0. The fourth-order valence-electron chi connectivity index (χ4n) is 1.06. The minimum absolute atomic E-state index is 0. The molecule has 1 N–H and O–H groups in total. The maximum absolute atomic E-state index is 9.94. The molecule has 0 bridgehead atoms. The van der Waals surface area contributed by atoms with E-state index in [0.717, 1.165) is 6.42 Å². The monoisotopic (exact) mass is 320 g/mol. The Labute approximate surface area is 138 Å². The van der Waals surface area contributed by atoms with Crippen molar-refractivity contribution in [1.29, 1.82) is 0 Å². The molecule has 0 saturated heterocycles. The molecule has 0 radical (unpaired) electrons. The standard InChI is InChI=1S/C11H20O.C4H8O3.Ti/c1-4-5-6-7-8-9-10-12-11(2)3;1-2-7-4(6)3-5;/h11H,4-8H2,1-3H3;5H,2-3H2,1H3;. The number of aliphatic hydroxyl groups excluding tert-OH is 1. The quantitative estimate of drug-likeness (QED) is 0.339. The van der Waals surface area contributed by atoms with Gasteiger partial charge in [0.2, 0.25) is 0 Å². The van der Waals surface area contributed by atoms with E-state index < -0.39 is 12.6 Å². The second-order valence-corrected chi connectivity index (χ2v) is 4.22. The Balaban J connectivity index is -0.000000312. The zero-order valence-electron chi connectivity index (χ0n) is 13.2. The van der Waals surface area contributed by atoms with Gasteiger partial charge in [-0.2, -0.15) is 0 Å². The van der Waals surface area contributed by atoms with Crippen molar-refractivity contribution in [3.05, 3.63) is 0 Å². The average Bonchev–Trinajstić information content (AvgIpc) is 2.38. The van der Waals surface area contributed by atoms with Gasteiger partial charge in [-0.25, -0.2) is 4.79 Å². The summed E-state index contributed by atoms with van der Waals surface area (Å²) in [6.07, 6.45) is 9.04. The van der Waals surface area contributed by atoms with Crippen molar-refractivity contribution in [1.82, 2.24) is 0 Å². The van der Waals surface area contributed by atoms with E-state index >= 15 is 0 Å². The van der Waals surface area contributed by atoms with E-state index in [1.54, 1.807) is 6.92 Å². The molecule has 0 aromatic rings. The zero-order valence-corrected chi connectivity index (χ0v) is 14.8. The fraction of sp³-hybridized carbons (Fsp3) is 0.800. The van der Waals surface area contributed by atoms with E-state index in [-0.39, 0.29) is 27.8 Å². The van der Waals surface area contributed by atoms with Crippen molar-refractivity contribution in [2.24, 2.45) is 0 Å². The molecular formula is C15H28O4Ti. The molecule has 5 heteroatoms. The molecule has 0 atom stereocenters. The van der Waals surface area contributed by atoms with Crippen LogP contribution in [0.4, 0.5) is 0 Å². The molecule has 20 heavy (non-hydrogen) atoms. The van der Waals surface area contributed by atoms with Gasteiger partial charge < -0.3 is 14.6 Å². The van der Waals surface area contributed by atoms with Gasteiger partial charge in [0.15, 0.2) is 0 Å².